The van der Waals surface area contributed by atoms with E-state index >= 15 is 0 Å². The average Bonchev–Trinajstić information content (AvgIpc) is 2.39. The first-order valence-electron chi connectivity index (χ1n) is 6.73. The molecule has 2 nitrogen and oxygen atoms in total. The molecule has 1 aliphatic rings. The van der Waals surface area contributed by atoms with E-state index in [1.165, 1.54) is 31.5 Å². The summed E-state index contributed by atoms with van der Waals surface area (Å²) in [6, 6.07) is 11.4. The molecule has 1 fully saturated rings. The fourth-order valence-electron chi connectivity index (χ4n) is 2.72. The third-order valence-corrected chi connectivity index (χ3v) is 3.95. The summed E-state index contributed by atoms with van der Waals surface area (Å²) in [5.74, 6) is 0.803. The Hall–Kier alpha value is -0.860. The lowest BCUT2D eigenvalue weighted by Gasteiger charge is -2.35. The van der Waals surface area contributed by atoms with E-state index in [0.717, 1.165) is 12.5 Å². The number of hydrogen-bond donors (Lipinski definition) is 1. The molecule has 0 radical (unpaired) electrons. The van der Waals surface area contributed by atoms with Crippen molar-refractivity contribution in [2.45, 2.75) is 32.4 Å². The number of hydrogen-bond acceptors (Lipinski definition) is 2. The summed E-state index contributed by atoms with van der Waals surface area (Å²) in [7, 11) is 2.07. The largest absolute Gasteiger partial charge is 0.317 e. The van der Waals surface area contributed by atoms with Gasteiger partial charge in [0.15, 0.2) is 0 Å². The van der Waals surface area contributed by atoms with Gasteiger partial charge >= 0.3 is 0 Å². The van der Waals surface area contributed by atoms with Gasteiger partial charge in [-0.1, -0.05) is 30.3 Å². The highest BCUT2D eigenvalue weighted by molar-refractivity contribution is 5.14. The summed E-state index contributed by atoms with van der Waals surface area (Å²) >= 11 is 0. The molecule has 1 aliphatic heterocycles. The number of benzene rings is 1. The Labute approximate surface area is 105 Å². The Morgan fingerprint density at radius 1 is 1.35 bits per heavy atom. The van der Waals surface area contributed by atoms with Gasteiger partial charge in [-0.2, -0.15) is 0 Å². The minimum absolute atomic E-state index is 0.633. The molecule has 94 valence electrons. The summed E-state index contributed by atoms with van der Waals surface area (Å²) < 4.78 is 0. The molecule has 0 bridgehead atoms. The molecule has 0 aliphatic carbocycles. The van der Waals surface area contributed by atoms with Crippen molar-refractivity contribution < 1.29 is 0 Å². The van der Waals surface area contributed by atoms with Crippen LogP contribution in [0.25, 0.3) is 0 Å². The van der Waals surface area contributed by atoms with E-state index in [1.807, 2.05) is 0 Å². The molecular weight excluding hydrogens is 208 g/mol. The van der Waals surface area contributed by atoms with Crippen molar-refractivity contribution in [3.8, 4) is 0 Å². The summed E-state index contributed by atoms with van der Waals surface area (Å²) in [4.78, 5) is 2.59. The molecule has 2 rings (SSSR count). The third kappa shape index (κ3) is 3.55. The van der Waals surface area contributed by atoms with Crippen LogP contribution in [0.2, 0.25) is 0 Å². The summed E-state index contributed by atoms with van der Waals surface area (Å²) in [6.45, 7) is 5.89. The molecule has 1 heterocycles. The lowest BCUT2D eigenvalue weighted by Crippen LogP contribution is -2.43. The number of nitrogens with one attached hydrogen (secondary N) is 1. The van der Waals surface area contributed by atoms with Crippen LogP contribution < -0.4 is 5.32 Å². The fraction of sp³-hybridized carbons (Fsp3) is 0.600. The van der Waals surface area contributed by atoms with E-state index in [0.29, 0.717) is 6.04 Å². The summed E-state index contributed by atoms with van der Waals surface area (Å²) in [5.41, 5.74) is 1.44. The van der Waals surface area contributed by atoms with Crippen molar-refractivity contribution in [1.29, 1.82) is 0 Å². The average molecular weight is 232 g/mol. The lowest BCUT2D eigenvalue weighted by molar-refractivity contribution is 0.147. The van der Waals surface area contributed by atoms with Crippen LogP contribution in [0.1, 0.15) is 25.3 Å². The van der Waals surface area contributed by atoms with Gasteiger partial charge in [-0.15, -0.1) is 0 Å². The highest BCUT2D eigenvalue weighted by Gasteiger charge is 2.23. The maximum absolute atomic E-state index is 3.39. The summed E-state index contributed by atoms with van der Waals surface area (Å²) in [6.07, 6.45) is 2.71. The van der Waals surface area contributed by atoms with Crippen molar-refractivity contribution in [3.05, 3.63) is 35.9 Å². The van der Waals surface area contributed by atoms with Gasteiger partial charge in [0.25, 0.3) is 0 Å². The van der Waals surface area contributed by atoms with Crippen LogP contribution in [0.3, 0.4) is 0 Å². The van der Waals surface area contributed by atoms with Gasteiger partial charge in [-0.25, -0.2) is 0 Å². The quantitative estimate of drug-likeness (QED) is 0.858. The zero-order valence-electron chi connectivity index (χ0n) is 11.0. The normalized spacial score (nSPS) is 23.5. The Morgan fingerprint density at radius 3 is 2.82 bits per heavy atom. The molecule has 1 aromatic carbocycles. The number of likely N-dealkylation sites (tertiary alicyclic amines) is 1. The Morgan fingerprint density at radius 2 is 2.12 bits per heavy atom. The second kappa shape index (κ2) is 6.18. The molecule has 17 heavy (non-hydrogen) atoms. The smallest absolute Gasteiger partial charge is 0.0233 e. The first-order chi connectivity index (χ1) is 8.29. The molecule has 1 aromatic rings. The number of piperidine rings is 1. The van der Waals surface area contributed by atoms with Crippen LogP contribution in [0.5, 0.6) is 0 Å². The standard InChI is InChI=1S/C15H24N2/c1-13(16-2)15-9-6-10-17(12-15)11-14-7-4-3-5-8-14/h3-5,7-8,13,15-16H,6,9-12H2,1-2H3. The zero-order valence-corrected chi connectivity index (χ0v) is 11.0. The topological polar surface area (TPSA) is 15.3 Å². The number of nitrogens with zero attached hydrogens (tertiary/aromatic N) is 1. The van der Waals surface area contributed by atoms with Gasteiger partial charge in [0, 0.05) is 19.1 Å². The van der Waals surface area contributed by atoms with Crippen molar-refractivity contribution in [3.63, 3.8) is 0 Å². The van der Waals surface area contributed by atoms with Crippen LogP contribution in [0.4, 0.5) is 0 Å². The van der Waals surface area contributed by atoms with E-state index in [-0.39, 0.29) is 0 Å². The van der Waals surface area contributed by atoms with E-state index in [4.69, 9.17) is 0 Å². The van der Waals surface area contributed by atoms with Gasteiger partial charge in [-0.3, -0.25) is 4.90 Å². The van der Waals surface area contributed by atoms with Gasteiger partial charge < -0.3 is 5.32 Å². The predicted molar refractivity (Wildman–Crippen MR) is 73.0 cm³/mol. The molecule has 0 aromatic heterocycles. The Balaban J connectivity index is 1.89. The van der Waals surface area contributed by atoms with Crippen molar-refractivity contribution in [1.82, 2.24) is 10.2 Å². The monoisotopic (exact) mass is 232 g/mol. The van der Waals surface area contributed by atoms with E-state index in [1.54, 1.807) is 0 Å². The van der Waals surface area contributed by atoms with E-state index in [9.17, 15) is 0 Å². The van der Waals surface area contributed by atoms with Crippen LogP contribution in [-0.2, 0) is 6.54 Å². The highest BCUT2D eigenvalue weighted by Crippen LogP contribution is 2.21. The van der Waals surface area contributed by atoms with E-state index in [2.05, 4.69) is 54.5 Å². The van der Waals surface area contributed by atoms with Crippen LogP contribution in [-0.4, -0.2) is 31.1 Å². The third-order valence-electron chi connectivity index (χ3n) is 3.95. The predicted octanol–water partition coefficient (Wildman–Crippen LogP) is 2.51. The Bertz CT molecular complexity index is 323. The molecule has 0 spiro atoms. The highest BCUT2D eigenvalue weighted by atomic mass is 15.1. The minimum Gasteiger partial charge on any atom is -0.317 e. The van der Waals surface area contributed by atoms with Crippen LogP contribution in [0.15, 0.2) is 30.3 Å². The molecule has 2 atom stereocenters. The second-order valence-corrected chi connectivity index (χ2v) is 5.20. The molecule has 1 saturated heterocycles. The van der Waals surface area contributed by atoms with Crippen molar-refractivity contribution in [2.24, 2.45) is 5.92 Å². The van der Waals surface area contributed by atoms with Crippen molar-refractivity contribution >= 4 is 0 Å². The minimum atomic E-state index is 0.633. The first-order valence-corrected chi connectivity index (χ1v) is 6.73. The fourth-order valence-corrected chi connectivity index (χ4v) is 2.72. The molecule has 0 saturated carbocycles. The van der Waals surface area contributed by atoms with Gasteiger partial charge in [0.1, 0.15) is 0 Å². The molecular formula is C15H24N2. The van der Waals surface area contributed by atoms with E-state index < -0.39 is 0 Å². The first kappa shape index (κ1) is 12.6. The SMILES string of the molecule is CNC(C)C1CCCN(Cc2ccccc2)C1. The zero-order chi connectivity index (χ0) is 12.1. The second-order valence-electron chi connectivity index (χ2n) is 5.20. The van der Waals surface area contributed by atoms with Crippen LogP contribution in [0, 0.1) is 5.92 Å². The van der Waals surface area contributed by atoms with Crippen molar-refractivity contribution in [2.75, 3.05) is 20.1 Å². The molecule has 1 N–H and O–H groups in total. The van der Waals surface area contributed by atoms with Gasteiger partial charge in [-0.05, 0) is 44.8 Å². The van der Waals surface area contributed by atoms with Gasteiger partial charge in [0.05, 0.1) is 0 Å². The maximum atomic E-state index is 3.39. The maximum Gasteiger partial charge on any atom is 0.0233 e. The molecule has 0 amide bonds. The van der Waals surface area contributed by atoms with Crippen LogP contribution >= 0.6 is 0 Å². The number of rotatable bonds is 4. The summed E-state index contributed by atoms with van der Waals surface area (Å²) in [5, 5.41) is 3.39. The molecule has 2 heteroatoms. The molecule has 2 unspecified atom stereocenters. The lowest BCUT2D eigenvalue weighted by atomic mass is 9.91. The van der Waals surface area contributed by atoms with Gasteiger partial charge in [0.2, 0.25) is 0 Å². The Kier molecular flexibility index (Phi) is 4.57.